The van der Waals surface area contributed by atoms with Crippen LogP contribution in [0.5, 0.6) is 5.75 Å². The molecule has 0 saturated carbocycles. The highest BCUT2D eigenvalue weighted by molar-refractivity contribution is 5.97. The lowest BCUT2D eigenvalue weighted by atomic mass is 9.98. The van der Waals surface area contributed by atoms with E-state index in [0.717, 1.165) is 40.8 Å². The van der Waals surface area contributed by atoms with Crippen molar-refractivity contribution in [3.63, 3.8) is 0 Å². The molecule has 3 aromatic carbocycles. The Bertz CT molecular complexity index is 1470. The number of nitrogens with one attached hydrogen (secondary N) is 1. The molecule has 4 rings (SSSR count). The number of rotatable bonds is 11. The summed E-state index contributed by atoms with van der Waals surface area (Å²) in [5, 5.41) is 12.3. The van der Waals surface area contributed by atoms with Crippen molar-refractivity contribution in [3.8, 4) is 5.75 Å². The van der Waals surface area contributed by atoms with Crippen LogP contribution in [-0.4, -0.2) is 32.6 Å². The van der Waals surface area contributed by atoms with Crippen LogP contribution < -0.4 is 10.1 Å². The molecule has 0 bridgehead atoms. The minimum atomic E-state index is -1.01. The summed E-state index contributed by atoms with van der Waals surface area (Å²) in [6.07, 6.45) is 0.797. The van der Waals surface area contributed by atoms with Crippen LogP contribution in [0.4, 0.5) is 0 Å². The average Bonchev–Trinajstić information content (AvgIpc) is 3.25. The first-order valence-corrected chi connectivity index (χ1v) is 13.5. The van der Waals surface area contributed by atoms with Crippen LogP contribution in [0.2, 0.25) is 0 Å². The van der Waals surface area contributed by atoms with E-state index in [0.29, 0.717) is 23.8 Å². The third-order valence-corrected chi connectivity index (χ3v) is 6.89. The van der Waals surface area contributed by atoms with Crippen molar-refractivity contribution in [1.82, 2.24) is 14.9 Å². The molecule has 0 aliphatic rings. The first kappa shape index (κ1) is 27.9. The number of amides is 1. The summed E-state index contributed by atoms with van der Waals surface area (Å²) >= 11 is 0. The van der Waals surface area contributed by atoms with Crippen LogP contribution in [0.15, 0.2) is 66.7 Å². The number of carboxylic acid groups (broad SMARTS) is 1. The predicted octanol–water partition coefficient (Wildman–Crippen LogP) is 6.50. The van der Waals surface area contributed by atoms with Gasteiger partial charge in [0.25, 0.3) is 5.91 Å². The van der Waals surface area contributed by atoms with E-state index in [2.05, 4.69) is 42.8 Å². The Morgan fingerprint density at radius 2 is 1.72 bits per heavy atom. The normalized spacial score (nSPS) is 12.9. The van der Waals surface area contributed by atoms with Gasteiger partial charge in [0.15, 0.2) is 6.10 Å². The Balaban J connectivity index is 1.57. The number of carboxylic acids is 1. The van der Waals surface area contributed by atoms with Crippen molar-refractivity contribution in [1.29, 1.82) is 0 Å². The summed E-state index contributed by atoms with van der Waals surface area (Å²) in [6, 6.07) is 21.3. The SMILES string of the molecule is CCCc1nc2cc(C(=O)N[C@@H](C)c3cccc(C(C)C)c3)ccc2n1Cc1cccc(O[C@@H](C)C(=O)O)c1. The van der Waals surface area contributed by atoms with E-state index < -0.39 is 12.1 Å². The van der Waals surface area contributed by atoms with Gasteiger partial charge in [0.05, 0.1) is 17.1 Å². The van der Waals surface area contributed by atoms with Crippen LogP contribution >= 0.6 is 0 Å². The van der Waals surface area contributed by atoms with E-state index >= 15 is 0 Å². The minimum absolute atomic E-state index is 0.126. The molecule has 2 atom stereocenters. The van der Waals surface area contributed by atoms with Crippen molar-refractivity contribution < 1.29 is 19.4 Å². The molecule has 4 aromatic rings. The first-order chi connectivity index (χ1) is 18.7. The number of nitrogens with zero attached hydrogens (tertiary/aromatic N) is 2. The molecule has 0 aliphatic heterocycles. The van der Waals surface area contributed by atoms with Gasteiger partial charge in [-0.2, -0.15) is 0 Å². The topological polar surface area (TPSA) is 93.5 Å². The Morgan fingerprint density at radius 3 is 2.44 bits per heavy atom. The van der Waals surface area contributed by atoms with Gasteiger partial charge in [-0.3, -0.25) is 4.79 Å². The van der Waals surface area contributed by atoms with Crippen LogP contribution in [0, 0.1) is 0 Å². The molecule has 204 valence electrons. The number of hydrogen-bond acceptors (Lipinski definition) is 4. The molecule has 2 N–H and O–H groups in total. The highest BCUT2D eigenvalue weighted by Crippen LogP contribution is 2.24. The van der Waals surface area contributed by atoms with E-state index in [4.69, 9.17) is 14.8 Å². The fourth-order valence-electron chi connectivity index (χ4n) is 4.62. The maximum Gasteiger partial charge on any atom is 0.344 e. The van der Waals surface area contributed by atoms with Gasteiger partial charge in [0.1, 0.15) is 11.6 Å². The second-order valence-corrected chi connectivity index (χ2v) is 10.3. The lowest BCUT2D eigenvalue weighted by Crippen LogP contribution is -2.26. The van der Waals surface area contributed by atoms with E-state index in [9.17, 15) is 9.59 Å². The predicted molar refractivity (Wildman–Crippen MR) is 153 cm³/mol. The second-order valence-electron chi connectivity index (χ2n) is 10.3. The van der Waals surface area contributed by atoms with E-state index in [-0.39, 0.29) is 11.9 Å². The molecular formula is C32H37N3O4. The molecular weight excluding hydrogens is 490 g/mol. The van der Waals surface area contributed by atoms with Gasteiger partial charge < -0.3 is 19.7 Å². The van der Waals surface area contributed by atoms with Crippen LogP contribution in [0.25, 0.3) is 11.0 Å². The monoisotopic (exact) mass is 527 g/mol. The van der Waals surface area contributed by atoms with E-state index in [1.807, 2.05) is 55.5 Å². The number of hydrogen-bond donors (Lipinski definition) is 2. The van der Waals surface area contributed by atoms with E-state index in [1.165, 1.54) is 12.5 Å². The van der Waals surface area contributed by atoms with Gasteiger partial charge in [0, 0.05) is 18.5 Å². The fraction of sp³-hybridized carbons (Fsp3) is 0.344. The summed E-state index contributed by atoms with van der Waals surface area (Å²) < 4.78 is 7.71. The highest BCUT2D eigenvalue weighted by atomic mass is 16.5. The van der Waals surface area contributed by atoms with Crippen molar-refractivity contribution in [2.75, 3.05) is 0 Å². The number of imidazole rings is 1. The zero-order chi connectivity index (χ0) is 28.1. The summed E-state index contributed by atoms with van der Waals surface area (Å²) in [4.78, 5) is 29.2. The Kier molecular flexibility index (Phi) is 8.69. The molecule has 0 unspecified atom stereocenters. The summed E-state index contributed by atoms with van der Waals surface area (Å²) in [5.41, 5.74) is 5.58. The third kappa shape index (κ3) is 6.66. The van der Waals surface area contributed by atoms with Crippen molar-refractivity contribution in [2.24, 2.45) is 0 Å². The minimum Gasteiger partial charge on any atom is -0.479 e. The summed E-state index contributed by atoms with van der Waals surface area (Å²) in [5.74, 6) is 0.726. The molecule has 7 heteroatoms. The lowest BCUT2D eigenvalue weighted by molar-refractivity contribution is -0.144. The maximum atomic E-state index is 13.2. The molecule has 0 spiro atoms. The molecule has 0 saturated heterocycles. The van der Waals surface area contributed by atoms with Gasteiger partial charge in [-0.25, -0.2) is 9.78 Å². The van der Waals surface area contributed by atoms with Gasteiger partial charge in [0.2, 0.25) is 0 Å². The molecule has 0 radical (unpaired) electrons. The number of carbonyl (C=O) groups is 2. The zero-order valence-corrected chi connectivity index (χ0v) is 23.3. The smallest absolute Gasteiger partial charge is 0.344 e. The Morgan fingerprint density at radius 1 is 0.974 bits per heavy atom. The molecule has 1 aromatic heterocycles. The number of carbonyl (C=O) groups excluding carboxylic acids is 1. The maximum absolute atomic E-state index is 13.2. The van der Waals surface area contributed by atoms with Gasteiger partial charge in [-0.1, -0.05) is 57.2 Å². The van der Waals surface area contributed by atoms with Crippen LogP contribution in [0.3, 0.4) is 0 Å². The van der Waals surface area contributed by atoms with Gasteiger partial charge >= 0.3 is 5.97 Å². The molecule has 39 heavy (non-hydrogen) atoms. The highest BCUT2D eigenvalue weighted by Gasteiger charge is 2.17. The lowest BCUT2D eigenvalue weighted by Gasteiger charge is -2.16. The third-order valence-electron chi connectivity index (χ3n) is 6.89. The zero-order valence-electron chi connectivity index (χ0n) is 23.3. The molecule has 0 aliphatic carbocycles. The number of fused-ring (bicyclic) bond motifs is 1. The second kappa shape index (κ2) is 12.2. The Hall–Kier alpha value is -4.13. The number of aryl methyl sites for hydroxylation is 1. The summed E-state index contributed by atoms with van der Waals surface area (Å²) in [6.45, 7) is 10.5. The largest absolute Gasteiger partial charge is 0.479 e. The molecule has 1 heterocycles. The van der Waals surface area contributed by atoms with Crippen molar-refractivity contribution >= 4 is 22.9 Å². The number of aromatic nitrogens is 2. The molecule has 7 nitrogen and oxygen atoms in total. The van der Waals surface area contributed by atoms with Crippen molar-refractivity contribution in [2.45, 2.75) is 72.1 Å². The number of aliphatic carboxylic acids is 1. The number of ether oxygens (including phenoxy) is 1. The van der Waals surface area contributed by atoms with Gasteiger partial charge in [-0.05, 0) is 73.2 Å². The standard InChI is InChI=1S/C32H37N3O4/c1-6-9-30-34-28-18-26(31(36)33-21(4)25-12-8-11-24(17-25)20(2)3)14-15-29(28)35(30)19-23-10-7-13-27(16-23)39-22(5)32(37)38/h7-8,10-18,20-22H,6,9,19H2,1-5H3,(H,33,36)(H,37,38)/t21-,22-/m0/s1. The van der Waals surface area contributed by atoms with Crippen molar-refractivity contribution in [3.05, 3.63) is 94.8 Å². The fourth-order valence-corrected chi connectivity index (χ4v) is 4.62. The van der Waals surface area contributed by atoms with Gasteiger partial charge in [-0.15, -0.1) is 0 Å². The molecule has 1 amide bonds. The average molecular weight is 528 g/mol. The van der Waals surface area contributed by atoms with E-state index in [1.54, 1.807) is 6.07 Å². The quantitative estimate of drug-likeness (QED) is 0.232. The first-order valence-electron chi connectivity index (χ1n) is 13.5. The summed E-state index contributed by atoms with van der Waals surface area (Å²) in [7, 11) is 0. The molecule has 0 fully saturated rings. The Labute approximate surface area is 229 Å². The number of benzene rings is 3. The van der Waals surface area contributed by atoms with Crippen LogP contribution in [-0.2, 0) is 17.8 Å². The van der Waals surface area contributed by atoms with Crippen LogP contribution in [0.1, 0.15) is 85.9 Å².